The molecule has 2 aromatic rings. The molecule has 2 rings (SSSR count). The lowest BCUT2D eigenvalue weighted by atomic mass is 10.1. The summed E-state index contributed by atoms with van der Waals surface area (Å²) in [5, 5.41) is 4.05. The van der Waals surface area contributed by atoms with Crippen molar-refractivity contribution in [2.24, 2.45) is 11.7 Å². The van der Waals surface area contributed by atoms with Crippen molar-refractivity contribution in [3.05, 3.63) is 47.6 Å². The minimum Gasteiger partial charge on any atom is -0.366 e. The van der Waals surface area contributed by atoms with Crippen LogP contribution in [0.5, 0.6) is 0 Å². The van der Waals surface area contributed by atoms with E-state index < -0.39 is 0 Å². The second-order valence-electron chi connectivity index (χ2n) is 4.84. The zero-order valence-electron chi connectivity index (χ0n) is 12.0. The highest BCUT2D eigenvalue weighted by Gasteiger charge is 2.21. The highest BCUT2D eigenvalue weighted by Crippen LogP contribution is 2.23. The van der Waals surface area contributed by atoms with Crippen LogP contribution in [0.4, 0.5) is 0 Å². The van der Waals surface area contributed by atoms with Gasteiger partial charge in [0, 0.05) is 13.0 Å². The molecule has 0 aliphatic heterocycles. The summed E-state index contributed by atoms with van der Waals surface area (Å²) in [4.78, 5) is 4.44. The van der Waals surface area contributed by atoms with Crippen LogP contribution in [0.2, 0.25) is 0 Å². The van der Waals surface area contributed by atoms with Gasteiger partial charge in [-0.1, -0.05) is 42.4 Å². The lowest BCUT2D eigenvalue weighted by Gasteiger charge is -2.13. The van der Waals surface area contributed by atoms with Crippen LogP contribution in [0.1, 0.15) is 37.2 Å². The molecular weight excluding hydrogens is 254 g/mol. The van der Waals surface area contributed by atoms with E-state index in [1.807, 2.05) is 37.3 Å². The molecule has 2 N–H and O–H groups in total. The average Bonchev–Trinajstić information content (AvgIpc) is 2.93. The van der Waals surface area contributed by atoms with Gasteiger partial charge in [-0.25, -0.2) is 0 Å². The van der Waals surface area contributed by atoms with E-state index in [0.29, 0.717) is 37.2 Å². The summed E-state index contributed by atoms with van der Waals surface area (Å²) in [5.74, 6) is 1.50. The molecule has 0 spiro atoms. The van der Waals surface area contributed by atoms with Gasteiger partial charge in [-0.15, -0.1) is 0 Å². The number of ether oxygens (including phenoxy) is 1. The van der Waals surface area contributed by atoms with Crippen molar-refractivity contribution in [3.63, 3.8) is 0 Å². The van der Waals surface area contributed by atoms with Crippen LogP contribution < -0.4 is 5.73 Å². The first-order valence-electron chi connectivity index (χ1n) is 6.93. The molecule has 0 aliphatic rings. The number of hydrogen-bond donors (Lipinski definition) is 1. The first-order valence-corrected chi connectivity index (χ1v) is 6.93. The molecule has 5 nitrogen and oxygen atoms in total. The zero-order valence-corrected chi connectivity index (χ0v) is 12.0. The number of nitrogens with two attached hydrogens (primary N) is 1. The van der Waals surface area contributed by atoms with Gasteiger partial charge < -0.3 is 15.0 Å². The van der Waals surface area contributed by atoms with E-state index in [4.69, 9.17) is 15.0 Å². The Balaban J connectivity index is 2.18. The highest BCUT2D eigenvalue weighted by molar-refractivity contribution is 5.22. The molecule has 108 valence electrons. The van der Waals surface area contributed by atoms with Gasteiger partial charge in [0.2, 0.25) is 11.7 Å². The van der Waals surface area contributed by atoms with Crippen molar-refractivity contribution in [3.8, 4) is 0 Å². The first-order chi connectivity index (χ1) is 9.74. The number of hydrogen-bond acceptors (Lipinski definition) is 5. The number of nitrogens with zero attached hydrogens (tertiary/aromatic N) is 2. The second kappa shape index (κ2) is 7.17. The summed E-state index contributed by atoms with van der Waals surface area (Å²) in [5.41, 5.74) is 6.63. The second-order valence-corrected chi connectivity index (χ2v) is 4.84. The largest absolute Gasteiger partial charge is 0.366 e. The Kier molecular flexibility index (Phi) is 5.26. The monoisotopic (exact) mass is 275 g/mol. The van der Waals surface area contributed by atoms with Crippen molar-refractivity contribution >= 4 is 0 Å². The van der Waals surface area contributed by atoms with Gasteiger partial charge in [-0.05, 0) is 24.9 Å². The van der Waals surface area contributed by atoms with E-state index in [1.165, 1.54) is 0 Å². The van der Waals surface area contributed by atoms with Crippen molar-refractivity contribution in [2.75, 3.05) is 13.2 Å². The molecule has 0 aliphatic carbocycles. The van der Waals surface area contributed by atoms with Crippen LogP contribution in [0.3, 0.4) is 0 Å². The molecule has 1 aromatic carbocycles. The molecular formula is C15H21N3O2. The molecule has 20 heavy (non-hydrogen) atoms. The molecule has 2 unspecified atom stereocenters. The van der Waals surface area contributed by atoms with Crippen LogP contribution in [0.25, 0.3) is 0 Å². The topological polar surface area (TPSA) is 74.2 Å². The van der Waals surface area contributed by atoms with Gasteiger partial charge in [-0.3, -0.25) is 0 Å². The number of aromatic nitrogens is 2. The average molecular weight is 275 g/mol. The Morgan fingerprint density at radius 1 is 1.30 bits per heavy atom. The predicted octanol–water partition coefficient (Wildman–Crippen LogP) is 2.33. The summed E-state index contributed by atoms with van der Waals surface area (Å²) >= 11 is 0. The molecule has 0 fully saturated rings. The van der Waals surface area contributed by atoms with Crippen molar-refractivity contribution in [1.29, 1.82) is 0 Å². The summed E-state index contributed by atoms with van der Waals surface area (Å²) in [6.07, 6.45) is 0.406. The summed E-state index contributed by atoms with van der Waals surface area (Å²) in [6.45, 7) is 5.20. The maximum Gasteiger partial charge on any atom is 0.227 e. The van der Waals surface area contributed by atoms with Crippen molar-refractivity contribution < 1.29 is 9.26 Å². The van der Waals surface area contributed by atoms with Crippen LogP contribution in [-0.2, 0) is 11.2 Å². The lowest BCUT2D eigenvalue weighted by molar-refractivity contribution is 0.0833. The predicted molar refractivity (Wildman–Crippen MR) is 76.1 cm³/mol. The fourth-order valence-electron chi connectivity index (χ4n) is 1.95. The summed E-state index contributed by atoms with van der Waals surface area (Å²) in [6, 6.07) is 9.91. The van der Waals surface area contributed by atoms with E-state index in [2.05, 4.69) is 17.1 Å². The van der Waals surface area contributed by atoms with Crippen LogP contribution >= 0.6 is 0 Å². The smallest absolute Gasteiger partial charge is 0.227 e. The van der Waals surface area contributed by atoms with Gasteiger partial charge in [0.1, 0.15) is 6.10 Å². The maximum absolute atomic E-state index is 5.75. The normalized spacial score (nSPS) is 14.2. The van der Waals surface area contributed by atoms with Gasteiger partial charge in [0.15, 0.2) is 0 Å². The zero-order chi connectivity index (χ0) is 14.4. The molecule has 0 saturated carbocycles. The Morgan fingerprint density at radius 2 is 2.05 bits per heavy atom. The van der Waals surface area contributed by atoms with Gasteiger partial charge in [0.25, 0.3) is 0 Å². The number of rotatable bonds is 7. The minimum atomic E-state index is -0.285. The van der Waals surface area contributed by atoms with Crippen LogP contribution in [0.15, 0.2) is 34.9 Å². The van der Waals surface area contributed by atoms with Crippen LogP contribution in [-0.4, -0.2) is 23.3 Å². The highest BCUT2D eigenvalue weighted by atomic mass is 16.5. The lowest BCUT2D eigenvalue weighted by Crippen LogP contribution is -2.13. The molecule has 1 heterocycles. The maximum atomic E-state index is 5.75. The van der Waals surface area contributed by atoms with E-state index in [9.17, 15) is 0 Å². The van der Waals surface area contributed by atoms with E-state index in [1.54, 1.807) is 0 Å². The first kappa shape index (κ1) is 14.7. The van der Waals surface area contributed by atoms with E-state index in [-0.39, 0.29) is 6.10 Å². The molecule has 2 atom stereocenters. The van der Waals surface area contributed by atoms with Gasteiger partial charge >= 0.3 is 0 Å². The fourth-order valence-corrected chi connectivity index (χ4v) is 1.95. The SMILES string of the molecule is CCOC(c1ccccc1)c1noc(CC(C)CN)n1. The Labute approximate surface area is 119 Å². The van der Waals surface area contributed by atoms with Crippen molar-refractivity contribution in [1.82, 2.24) is 10.1 Å². The van der Waals surface area contributed by atoms with Gasteiger partial charge in [-0.2, -0.15) is 4.98 Å². The molecule has 0 saturated heterocycles. The molecule has 5 heteroatoms. The quantitative estimate of drug-likeness (QED) is 0.839. The van der Waals surface area contributed by atoms with Crippen molar-refractivity contribution in [2.45, 2.75) is 26.4 Å². The summed E-state index contributed by atoms with van der Waals surface area (Å²) in [7, 11) is 0. The number of benzene rings is 1. The standard InChI is InChI=1S/C15H21N3O2/c1-3-19-14(12-7-5-4-6-8-12)15-17-13(20-18-15)9-11(2)10-16/h4-8,11,14H,3,9-10,16H2,1-2H3. The summed E-state index contributed by atoms with van der Waals surface area (Å²) < 4.78 is 11.0. The van der Waals surface area contributed by atoms with E-state index >= 15 is 0 Å². The van der Waals surface area contributed by atoms with Crippen LogP contribution in [0, 0.1) is 5.92 Å². The molecule has 0 amide bonds. The van der Waals surface area contributed by atoms with Gasteiger partial charge in [0.05, 0.1) is 0 Å². The Bertz CT molecular complexity index is 513. The van der Waals surface area contributed by atoms with E-state index in [0.717, 1.165) is 5.56 Å². The molecule has 0 bridgehead atoms. The Morgan fingerprint density at radius 3 is 2.70 bits per heavy atom. The minimum absolute atomic E-state index is 0.285. The third-order valence-corrected chi connectivity index (χ3v) is 3.08. The molecule has 0 radical (unpaired) electrons. The third-order valence-electron chi connectivity index (χ3n) is 3.08. The fraction of sp³-hybridized carbons (Fsp3) is 0.467. The third kappa shape index (κ3) is 3.65. The Hall–Kier alpha value is -1.72. The molecule has 1 aromatic heterocycles.